The van der Waals surface area contributed by atoms with Crippen molar-refractivity contribution in [3.8, 4) is 17.2 Å². The van der Waals surface area contributed by atoms with Crippen LogP contribution in [0.2, 0.25) is 0 Å². The zero-order valence-corrected chi connectivity index (χ0v) is 23.8. The lowest BCUT2D eigenvalue weighted by Gasteiger charge is -2.23. The number of carbonyl (C=O) groups is 3. The first-order chi connectivity index (χ1) is 19.8. The van der Waals surface area contributed by atoms with E-state index in [0.29, 0.717) is 53.9 Å². The predicted octanol–water partition coefficient (Wildman–Crippen LogP) is 5.20. The molecule has 5 rings (SSSR count). The molecule has 2 aromatic carbocycles. The molecule has 0 aliphatic carbocycles. The number of esters is 1. The minimum absolute atomic E-state index is 0.114. The number of anilines is 1. The van der Waals surface area contributed by atoms with Crippen LogP contribution in [-0.4, -0.2) is 54.2 Å². The molecule has 0 bridgehead atoms. The first kappa shape index (κ1) is 28.2. The molecule has 1 atom stereocenters. The molecule has 3 heterocycles. The molecule has 1 unspecified atom stereocenters. The molecule has 0 spiro atoms. The van der Waals surface area contributed by atoms with E-state index in [1.165, 1.54) is 4.90 Å². The number of aliphatic hydroxyl groups is 1. The number of hydrogen-bond donors (Lipinski definition) is 1. The van der Waals surface area contributed by atoms with E-state index in [1.807, 2.05) is 0 Å². The van der Waals surface area contributed by atoms with Gasteiger partial charge in [0.25, 0.3) is 5.78 Å². The van der Waals surface area contributed by atoms with Crippen LogP contribution in [0.5, 0.6) is 17.2 Å². The topological polar surface area (TPSA) is 124 Å². The second-order valence-electron chi connectivity index (χ2n) is 9.43. The fraction of sp³-hybridized carbons (Fsp3) is 0.333. The molecule has 11 heteroatoms. The average Bonchev–Trinajstić information content (AvgIpc) is 3.49. The molecule has 3 aromatic rings. The van der Waals surface area contributed by atoms with E-state index in [1.54, 1.807) is 56.3 Å². The first-order valence-electron chi connectivity index (χ1n) is 13.4. The van der Waals surface area contributed by atoms with E-state index in [4.69, 9.17) is 18.9 Å². The van der Waals surface area contributed by atoms with Gasteiger partial charge < -0.3 is 24.1 Å². The van der Waals surface area contributed by atoms with Crippen LogP contribution in [0.4, 0.5) is 5.13 Å². The summed E-state index contributed by atoms with van der Waals surface area (Å²) >= 11 is 0.956. The molecule has 41 heavy (non-hydrogen) atoms. The van der Waals surface area contributed by atoms with Crippen LogP contribution in [0.1, 0.15) is 59.2 Å². The van der Waals surface area contributed by atoms with E-state index >= 15 is 0 Å². The number of nitrogens with zero attached hydrogens (tertiary/aromatic N) is 2. The van der Waals surface area contributed by atoms with Crippen molar-refractivity contribution in [2.24, 2.45) is 0 Å². The maximum Gasteiger partial charge on any atom is 0.350 e. The van der Waals surface area contributed by atoms with E-state index in [0.717, 1.165) is 24.2 Å². The highest BCUT2D eigenvalue weighted by Crippen LogP contribution is 2.45. The van der Waals surface area contributed by atoms with Crippen LogP contribution < -0.4 is 19.1 Å². The van der Waals surface area contributed by atoms with Gasteiger partial charge in [-0.15, -0.1) is 0 Å². The number of benzene rings is 2. The highest BCUT2D eigenvalue weighted by atomic mass is 32.1. The fourth-order valence-corrected chi connectivity index (χ4v) is 5.63. The maximum absolute atomic E-state index is 13.5. The second-order valence-corrected chi connectivity index (χ2v) is 10.4. The molecule has 1 saturated heterocycles. The summed E-state index contributed by atoms with van der Waals surface area (Å²) in [4.78, 5) is 45.5. The Bertz CT molecular complexity index is 1510. The zero-order chi connectivity index (χ0) is 29.1. The van der Waals surface area contributed by atoms with Gasteiger partial charge in [-0.05, 0) is 56.2 Å². The fourth-order valence-electron chi connectivity index (χ4n) is 4.64. The van der Waals surface area contributed by atoms with Crippen molar-refractivity contribution in [2.75, 3.05) is 31.3 Å². The van der Waals surface area contributed by atoms with E-state index in [9.17, 15) is 19.5 Å². The summed E-state index contributed by atoms with van der Waals surface area (Å²) in [6, 6.07) is 10.8. The van der Waals surface area contributed by atoms with Gasteiger partial charge >= 0.3 is 11.9 Å². The number of amides is 1. The number of rotatable bonds is 9. The number of aliphatic hydroxyl groups excluding tert-OH is 1. The Hall–Kier alpha value is -4.38. The smallest absolute Gasteiger partial charge is 0.350 e. The third-order valence-electron chi connectivity index (χ3n) is 6.67. The number of unbranched alkanes of at least 4 members (excludes halogenated alkanes) is 1. The number of carbonyl (C=O) groups excluding carboxylic acids is 3. The molecule has 1 amide bonds. The van der Waals surface area contributed by atoms with Crippen molar-refractivity contribution in [2.45, 2.75) is 39.7 Å². The summed E-state index contributed by atoms with van der Waals surface area (Å²) in [5, 5.41) is 11.6. The Morgan fingerprint density at radius 2 is 1.83 bits per heavy atom. The number of hydrogen-bond acceptors (Lipinski definition) is 10. The number of ketones is 1. The van der Waals surface area contributed by atoms with Gasteiger partial charge in [0.1, 0.15) is 29.6 Å². The number of ether oxygens (including phenoxy) is 4. The normalized spacial score (nSPS) is 17.5. The minimum atomic E-state index is -1.02. The van der Waals surface area contributed by atoms with Gasteiger partial charge in [-0.2, -0.15) is 0 Å². The van der Waals surface area contributed by atoms with Crippen LogP contribution in [0.3, 0.4) is 0 Å². The molecule has 0 radical (unpaired) electrons. The summed E-state index contributed by atoms with van der Waals surface area (Å²) in [5.74, 6) is -1.09. The lowest BCUT2D eigenvalue weighted by Crippen LogP contribution is -2.29. The second kappa shape index (κ2) is 12.0. The number of aromatic nitrogens is 1. The molecule has 214 valence electrons. The molecule has 1 aromatic heterocycles. The average molecular weight is 579 g/mol. The Morgan fingerprint density at radius 1 is 1.10 bits per heavy atom. The molecule has 2 aliphatic heterocycles. The van der Waals surface area contributed by atoms with E-state index in [2.05, 4.69) is 11.9 Å². The predicted molar refractivity (Wildman–Crippen MR) is 152 cm³/mol. The first-order valence-corrected chi connectivity index (χ1v) is 14.2. The Morgan fingerprint density at radius 3 is 2.54 bits per heavy atom. The molecular formula is C30H30N2O8S. The standard InChI is InChI=1S/C30H30N2O8S/c1-4-6-13-38-20-10-7-18(8-11-20)24-23(25(33)19-9-12-21-22(16-19)40-15-14-39-21)26(34)28(35)32(24)30-31-17(3)27(41-30)29(36)37-5-2/h7-12,16,24,33H,4-6,13-15H2,1-3H3/b25-23+. The van der Waals surface area contributed by atoms with Gasteiger partial charge in [0.05, 0.1) is 30.5 Å². The summed E-state index contributed by atoms with van der Waals surface area (Å²) in [6.45, 7) is 6.90. The van der Waals surface area contributed by atoms with Crippen LogP contribution in [0, 0.1) is 6.92 Å². The Kier molecular flexibility index (Phi) is 8.25. The largest absolute Gasteiger partial charge is 0.507 e. The van der Waals surface area contributed by atoms with Gasteiger partial charge in [0.15, 0.2) is 16.6 Å². The minimum Gasteiger partial charge on any atom is -0.507 e. The quantitative estimate of drug-likeness (QED) is 0.120. The van der Waals surface area contributed by atoms with Crippen LogP contribution in [0.15, 0.2) is 48.0 Å². The number of fused-ring (bicyclic) bond motifs is 1. The lowest BCUT2D eigenvalue weighted by molar-refractivity contribution is -0.132. The highest BCUT2D eigenvalue weighted by Gasteiger charge is 2.48. The summed E-state index contributed by atoms with van der Waals surface area (Å²) < 4.78 is 22.1. The number of Topliss-reactive ketones (excluding diaryl/α,β-unsaturated/α-hetero) is 1. The highest BCUT2D eigenvalue weighted by molar-refractivity contribution is 7.17. The Labute approximate surface area is 241 Å². The van der Waals surface area contributed by atoms with Crippen molar-refractivity contribution in [1.82, 2.24) is 4.98 Å². The third-order valence-corrected chi connectivity index (χ3v) is 7.81. The van der Waals surface area contributed by atoms with E-state index < -0.39 is 23.7 Å². The molecule has 1 fully saturated rings. The molecule has 2 aliphatic rings. The molecule has 0 saturated carbocycles. The third kappa shape index (κ3) is 5.49. The van der Waals surface area contributed by atoms with Crippen molar-refractivity contribution in [1.29, 1.82) is 0 Å². The van der Waals surface area contributed by atoms with Crippen LogP contribution >= 0.6 is 11.3 Å². The van der Waals surface area contributed by atoms with Crippen molar-refractivity contribution >= 4 is 39.9 Å². The summed E-state index contributed by atoms with van der Waals surface area (Å²) in [5.41, 5.74) is 1.10. The lowest BCUT2D eigenvalue weighted by atomic mass is 9.95. The molecule has 10 nitrogen and oxygen atoms in total. The zero-order valence-electron chi connectivity index (χ0n) is 23.0. The van der Waals surface area contributed by atoms with Gasteiger partial charge in [-0.3, -0.25) is 14.5 Å². The van der Waals surface area contributed by atoms with Crippen LogP contribution in [-0.2, 0) is 14.3 Å². The van der Waals surface area contributed by atoms with Crippen molar-refractivity contribution in [3.05, 3.63) is 69.7 Å². The SMILES string of the molecule is CCCCOc1ccc(C2/C(=C(\O)c3ccc4c(c3)OCCO4)C(=O)C(=O)N2c2nc(C)c(C(=O)OCC)s2)cc1. The van der Waals surface area contributed by atoms with Gasteiger partial charge in [0.2, 0.25) is 0 Å². The van der Waals surface area contributed by atoms with Gasteiger partial charge in [-0.25, -0.2) is 9.78 Å². The summed E-state index contributed by atoms with van der Waals surface area (Å²) in [7, 11) is 0. The monoisotopic (exact) mass is 578 g/mol. The summed E-state index contributed by atoms with van der Waals surface area (Å²) in [6.07, 6.45) is 1.90. The maximum atomic E-state index is 13.5. The van der Waals surface area contributed by atoms with Gasteiger partial charge in [0, 0.05) is 5.56 Å². The van der Waals surface area contributed by atoms with E-state index in [-0.39, 0.29) is 27.9 Å². The molecular weight excluding hydrogens is 548 g/mol. The number of thiazole rings is 1. The molecule has 1 N–H and O–H groups in total. The van der Waals surface area contributed by atoms with Crippen LogP contribution in [0.25, 0.3) is 5.76 Å². The Balaban J connectivity index is 1.61. The number of aryl methyl sites for hydroxylation is 1. The van der Waals surface area contributed by atoms with Crippen molar-refractivity contribution < 1.29 is 38.4 Å². The van der Waals surface area contributed by atoms with Crippen molar-refractivity contribution in [3.63, 3.8) is 0 Å². The van der Waals surface area contributed by atoms with Gasteiger partial charge in [-0.1, -0.05) is 36.8 Å².